The van der Waals surface area contributed by atoms with E-state index in [-0.39, 0.29) is 37.3 Å². The fraction of sp³-hybridized carbons (Fsp3) is 0.444. The minimum Gasteiger partial charge on any atom is -0.481 e. The number of rotatable bonds is 9. The summed E-state index contributed by atoms with van der Waals surface area (Å²) in [6, 6.07) is 16.2. The predicted molar refractivity (Wildman–Crippen MR) is 128 cm³/mol. The van der Waals surface area contributed by atoms with Crippen molar-refractivity contribution in [2.24, 2.45) is 11.3 Å². The zero-order chi connectivity index (χ0) is 24.5. The molecule has 0 heterocycles. The number of fused-ring (bicyclic) bond motifs is 3. The van der Waals surface area contributed by atoms with E-state index in [9.17, 15) is 14.4 Å². The van der Waals surface area contributed by atoms with Gasteiger partial charge in [0.15, 0.2) is 0 Å². The average Bonchev–Trinajstić information content (AvgIpc) is 3.59. The number of amides is 2. The van der Waals surface area contributed by atoms with Gasteiger partial charge in [-0.15, -0.1) is 0 Å². The number of hydrogen-bond acceptors (Lipinski definition) is 4. The Morgan fingerprint density at radius 3 is 2.06 bits per heavy atom. The lowest BCUT2D eigenvalue weighted by Crippen LogP contribution is -2.59. The lowest BCUT2D eigenvalue weighted by Gasteiger charge is -2.31. The first-order chi connectivity index (χ1) is 16.1. The Kier molecular flexibility index (Phi) is 6.39. The second kappa shape index (κ2) is 9.12. The highest BCUT2D eigenvalue weighted by molar-refractivity contribution is 5.90. The van der Waals surface area contributed by atoms with Gasteiger partial charge in [0.25, 0.3) is 0 Å². The molecule has 0 spiro atoms. The zero-order valence-corrected chi connectivity index (χ0v) is 19.9. The summed E-state index contributed by atoms with van der Waals surface area (Å²) in [5.74, 6) is -1.27. The third-order valence-corrected chi connectivity index (χ3v) is 6.93. The molecule has 2 aromatic carbocycles. The van der Waals surface area contributed by atoms with Crippen LogP contribution in [-0.4, -0.2) is 41.8 Å². The summed E-state index contributed by atoms with van der Waals surface area (Å²) in [6.45, 7) is 5.66. The number of hydrogen-bond donors (Lipinski definition) is 3. The van der Waals surface area contributed by atoms with Crippen LogP contribution in [0.4, 0.5) is 4.79 Å². The van der Waals surface area contributed by atoms with E-state index in [1.807, 2.05) is 24.3 Å². The fourth-order valence-corrected chi connectivity index (χ4v) is 4.83. The predicted octanol–water partition coefficient (Wildman–Crippen LogP) is 4.31. The number of carboxylic acids is 1. The van der Waals surface area contributed by atoms with E-state index in [0.717, 1.165) is 35.1 Å². The van der Waals surface area contributed by atoms with Crippen LogP contribution in [0.5, 0.6) is 0 Å². The van der Waals surface area contributed by atoms with E-state index in [4.69, 9.17) is 9.84 Å². The number of aliphatic carboxylic acids is 1. The van der Waals surface area contributed by atoms with Crippen LogP contribution >= 0.6 is 0 Å². The van der Waals surface area contributed by atoms with E-state index in [0.29, 0.717) is 0 Å². The van der Waals surface area contributed by atoms with Crippen molar-refractivity contribution in [2.45, 2.75) is 51.5 Å². The number of ether oxygens (including phenoxy) is 1. The molecule has 34 heavy (non-hydrogen) atoms. The highest BCUT2D eigenvalue weighted by Gasteiger charge is 2.49. The van der Waals surface area contributed by atoms with Gasteiger partial charge in [0.2, 0.25) is 5.91 Å². The molecule has 0 saturated heterocycles. The van der Waals surface area contributed by atoms with Crippen LogP contribution in [0.1, 0.15) is 57.1 Å². The van der Waals surface area contributed by atoms with Gasteiger partial charge in [0.05, 0.1) is 6.42 Å². The minimum atomic E-state index is -1.11. The molecule has 1 fully saturated rings. The number of nitrogens with one attached hydrogen (secondary N) is 2. The summed E-state index contributed by atoms with van der Waals surface area (Å²) in [6.07, 6.45) is 0.988. The molecule has 180 valence electrons. The first-order valence-electron chi connectivity index (χ1n) is 11.7. The van der Waals surface area contributed by atoms with E-state index >= 15 is 0 Å². The third kappa shape index (κ3) is 4.93. The van der Waals surface area contributed by atoms with Crippen LogP contribution in [-0.2, 0) is 14.3 Å². The van der Waals surface area contributed by atoms with E-state index in [1.165, 1.54) is 0 Å². The van der Waals surface area contributed by atoms with E-state index in [2.05, 4.69) is 34.9 Å². The van der Waals surface area contributed by atoms with Crippen LogP contribution in [0, 0.1) is 11.3 Å². The van der Waals surface area contributed by atoms with Crippen LogP contribution in [0.2, 0.25) is 0 Å². The third-order valence-electron chi connectivity index (χ3n) is 6.93. The van der Waals surface area contributed by atoms with Gasteiger partial charge in [-0.3, -0.25) is 9.59 Å². The molecule has 2 aliphatic rings. The number of carboxylic acid groups (broad SMARTS) is 1. The number of benzene rings is 2. The number of carbonyl (C=O) groups is 3. The highest BCUT2D eigenvalue weighted by Crippen LogP contribution is 2.44. The largest absolute Gasteiger partial charge is 0.481 e. The molecule has 1 unspecified atom stereocenters. The normalized spacial score (nSPS) is 16.7. The summed E-state index contributed by atoms with van der Waals surface area (Å²) < 4.78 is 5.65. The molecule has 7 heteroatoms. The van der Waals surface area contributed by atoms with E-state index < -0.39 is 23.0 Å². The number of carbonyl (C=O) groups excluding carboxylic acids is 2. The lowest BCUT2D eigenvalue weighted by molar-refractivity contribution is -0.139. The molecule has 2 aliphatic carbocycles. The van der Waals surface area contributed by atoms with Crippen molar-refractivity contribution in [2.75, 3.05) is 13.2 Å². The Balaban J connectivity index is 1.40. The van der Waals surface area contributed by atoms with Crippen molar-refractivity contribution in [1.29, 1.82) is 0 Å². The molecule has 0 aliphatic heterocycles. The molecule has 7 nitrogen and oxygen atoms in total. The number of alkyl carbamates (subject to hydrolysis) is 1. The first-order valence-corrected chi connectivity index (χ1v) is 11.7. The Bertz CT molecular complexity index is 1060. The minimum absolute atomic E-state index is 0.0237. The van der Waals surface area contributed by atoms with Gasteiger partial charge >= 0.3 is 12.1 Å². The molecular weight excluding hydrogens is 432 g/mol. The summed E-state index contributed by atoms with van der Waals surface area (Å²) in [5.41, 5.74) is 2.84. The maximum absolute atomic E-state index is 13.1. The highest BCUT2D eigenvalue weighted by atomic mass is 16.5. The lowest BCUT2D eigenvalue weighted by atomic mass is 9.88. The van der Waals surface area contributed by atoms with Gasteiger partial charge < -0.3 is 20.5 Å². The Morgan fingerprint density at radius 1 is 0.971 bits per heavy atom. The van der Waals surface area contributed by atoms with Gasteiger partial charge in [0, 0.05) is 12.5 Å². The molecule has 0 bridgehead atoms. The van der Waals surface area contributed by atoms with Crippen molar-refractivity contribution < 1.29 is 24.2 Å². The maximum atomic E-state index is 13.1. The standard InChI is InChI=1S/C27H32N2O5/c1-26(2,14-23(30)31)16-28-24(32)27(3,17-12-13-17)29-25(33)34-15-22-20-10-6-4-8-18(20)19-9-5-7-11-21(19)22/h4-11,17,22H,12-16H2,1-3H3,(H,28,32)(H,29,33)(H,30,31). The first kappa shape index (κ1) is 23.8. The zero-order valence-electron chi connectivity index (χ0n) is 19.9. The van der Waals surface area contributed by atoms with Crippen molar-refractivity contribution in [3.05, 3.63) is 59.7 Å². The molecule has 1 atom stereocenters. The second-order valence-corrected chi connectivity index (χ2v) is 10.3. The van der Waals surface area contributed by atoms with Crippen molar-refractivity contribution in [3.63, 3.8) is 0 Å². The molecule has 4 rings (SSSR count). The maximum Gasteiger partial charge on any atom is 0.408 e. The molecule has 0 radical (unpaired) electrons. The average molecular weight is 465 g/mol. The van der Waals surface area contributed by atoms with Gasteiger partial charge in [0.1, 0.15) is 12.1 Å². The van der Waals surface area contributed by atoms with Crippen LogP contribution < -0.4 is 10.6 Å². The van der Waals surface area contributed by atoms with Gasteiger partial charge in [-0.25, -0.2) is 4.79 Å². The molecule has 3 N–H and O–H groups in total. The monoisotopic (exact) mass is 464 g/mol. The van der Waals surface area contributed by atoms with Gasteiger partial charge in [-0.05, 0) is 53.4 Å². The quantitative estimate of drug-likeness (QED) is 0.513. The summed E-state index contributed by atoms with van der Waals surface area (Å²) >= 11 is 0. The summed E-state index contributed by atoms with van der Waals surface area (Å²) in [5, 5.41) is 14.7. The summed E-state index contributed by atoms with van der Waals surface area (Å²) in [7, 11) is 0. The van der Waals surface area contributed by atoms with Gasteiger partial charge in [-0.2, -0.15) is 0 Å². The summed E-state index contributed by atoms with van der Waals surface area (Å²) in [4.78, 5) is 37.0. The molecular formula is C27H32N2O5. The smallest absolute Gasteiger partial charge is 0.408 e. The van der Waals surface area contributed by atoms with E-state index in [1.54, 1.807) is 20.8 Å². The Labute approximate surface area is 199 Å². The fourth-order valence-electron chi connectivity index (χ4n) is 4.83. The molecule has 1 saturated carbocycles. The van der Waals surface area contributed by atoms with Crippen LogP contribution in [0.3, 0.4) is 0 Å². The molecule has 2 amide bonds. The van der Waals surface area contributed by atoms with Crippen LogP contribution in [0.15, 0.2) is 48.5 Å². The van der Waals surface area contributed by atoms with Crippen molar-refractivity contribution in [1.82, 2.24) is 10.6 Å². The molecule has 2 aromatic rings. The second-order valence-electron chi connectivity index (χ2n) is 10.3. The van der Waals surface area contributed by atoms with Crippen molar-refractivity contribution >= 4 is 18.0 Å². The Morgan fingerprint density at radius 2 is 1.53 bits per heavy atom. The van der Waals surface area contributed by atoms with Crippen LogP contribution in [0.25, 0.3) is 11.1 Å². The van der Waals surface area contributed by atoms with Gasteiger partial charge in [-0.1, -0.05) is 62.4 Å². The van der Waals surface area contributed by atoms with Crippen molar-refractivity contribution in [3.8, 4) is 11.1 Å². The Hall–Kier alpha value is -3.35. The SMILES string of the molecule is CC(C)(CNC(=O)C(C)(NC(=O)OCC1c2ccccc2-c2ccccc21)C1CC1)CC(=O)O. The molecule has 0 aromatic heterocycles. The topological polar surface area (TPSA) is 105 Å².